The Labute approximate surface area is 85.2 Å². The Morgan fingerprint density at radius 1 is 1.23 bits per heavy atom. The summed E-state index contributed by atoms with van der Waals surface area (Å²) in [5.41, 5.74) is 0. The van der Waals surface area contributed by atoms with Gasteiger partial charge < -0.3 is 0 Å². The fraction of sp³-hybridized carbons (Fsp3) is 0.727. The SMILES string of the molecule is CCCCCCc1ncc(CC)s1. The summed E-state index contributed by atoms with van der Waals surface area (Å²) in [7, 11) is 0. The Morgan fingerprint density at radius 2 is 2.08 bits per heavy atom. The molecule has 0 aromatic carbocycles. The molecule has 1 aromatic heterocycles. The molecule has 0 saturated heterocycles. The number of nitrogens with zero attached hydrogens (tertiary/aromatic N) is 1. The predicted molar refractivity (Wildman–Crippen MR) is 59.3 cm³/mol. The Morgan fingerprint density at radius 3 is 2.69 bits per heavy atom. The molecule has 0 radical (unpaired) electrons. The molecule has 0 atom stereocenters. The molecule has 1 aromatic rings. The maximum Gasteiger partial charge on any atom is 0.0927 e. The fourth-order valence-corrected chi connectivity index (χ4v) is 2.23. The van der Waals surface area contributed by atoms with Crippen LogP contribution in [0.25, 0.3) is 0 Å². The smallest absolute Gasteiger partial charge is 0.0927 e. The van der Waals surface area contributed by atoms with Gasteiger partial charge in [0.15, 0.2) is 0 Å². The molecular weight excluding hydrogens is 178 g/mol. The van der Waals surface area contributed by atoms with Crippen molar-refractivity contribution in [2.24, 2.45) is 0 Å². The third kappa shape index (κ3) is 3.90. The van der Waals surface area contributed by atoms with Crippen LogP contribution in [0.15, 0.2) is 6.20 Å². The zero-order chi connectivity index (χ0) is 9.52. The van der Waals surface area contributed by atoms with Gasteiger partial charge >= 0.3 is 0 Å². The molecule has 1 heterocycles. The molecule has 0 aliphatic carbocycles. The van der Waals surface area contributed by atoms with Crippen LogP contribution < -0.4 is 0 Å². The zero-order valence-electron chi connectivity index (χ0n) is 8.68. The van der Waals surface area contributed by atoms with Gasteiger partial charge in [-0.3, -0.25) is 0 Å². The van der Waals surface area contributed by atoms with Crippen LogP contribution in [-0.4, -0.2) is 4.98 Å². The summed E-state index contributed by atoms with van der Waals surface area (Å²) in [5.74, 6) is 0. The van der Waals surface area contributed by atoms with Gasteiger partial charge in [-0.2, -0.15) is 0 Å². The first-order chi connectivity index (χ1) is 6.36. The second-order valence-electron chi connectivity index (χ2n) is 3.38. The highest BCUT2D eigenvalue weighted by Gasteiger charge is 1.99. The minimum atomic E-state index is 1.13. The summed E-state index contributed by atoms with van der Waals surface area (Å²) in [6.45, 7) is 4.44. The Bertz CT molecular complexity index is 230. The van der Waals surface area contributed by atoms with Crippen LogP contribution >= 0.6 is 11.3 Å². The molecule has 0 unspecified atom stereocenters. The van der Waals surface area contributed by atoms with Crippen molar-refractivity contribution in [3.8, 4) is 0 Å². The summed E-state index contributed by atoms with van der Waals surface area (Å²) in [4.78, 5) is 5.82. The summed E-state index contributed by atoms with van der Waals surface area (Å²) in [5, 5.41) is 1.33. The first-order valence-electron chi connectivity index (χ1n) is 5.30. The third-order valence-electron chi connectivity index (χ3n) is 2.19. The lowest BCUT2D eigenvalue weighted by molar-refractivity contribution is 0.665. The van der Waals surface area contributed by atoms with Gasteiger partial charge in [0, 0.05) is 11.1 Å². The summed E-state index contributed by atoms with van der Waals surface area (Å²) >= 11 is 1.88. The molecule has 0 aliphatic rings. The van der Waals surface area contributed by atoms with Gasteiger partial charge in [0.2, 0.25) is 0 Å². The van der Waals surface area contributed by atoms with Crippen molar-refractivity contribution in [3.05, 3.63) is 16.1 Å². The number of rotatable bonds is 6. The average Bonchev–Trinajstić information content (AvgIpc) is 2.60. The highest BCUT2D eigenvalue weighted by atomic mass is 32.1. The highest BCUT2D eigenvalue weighted by Crippen LogP contribution is 2.16. The summed E-state index contributed by atoms with van der Waals surface area (Å²) in [6.07, 6.45) is 9.70. The predicted octanol–water partition coefficient (Wildman–Crippen LogP) is 3.83. The topological polar surface area (TPSA) is 12.9 Å². The Hall–Kier alpha value is -0.370. The minimum Gasteiger partial charge on any atom is -0.249 e. The van der Waals surface area contributed by atoms with E-state index in [0.29, 0.717) is 0 Å². The van der Waals surface area contributed by atoms with Crippen LogP contribution in [0.1, 0.15) is 49.4 Å². The lowest BCUT2D eigenvalue weighted by Gasteiger charge is -1.95. The molecule has 0 amide bonds. The maximum absolute atomic E-state index is 4.40. The molecule has 0 fully saturated rings. The molecular formula is C11H19NS. The number of aromatic nitrogens is 1. The molecule has 0 spiro atoms. The van der Waals surface area contributed by atoms with Crippen molar-refractivity contribution in [3.63, 3.8) is 0 Å². The van der Waals surface area contributed by atoms with Crippen molar-refractivity contribution >= 4 is 11.3 Å². The van der Waals surface area contributed by atoms with Crippen LogP contribution in [0.2, 0.25) is 0 Å². The second-order valence-corrected chi connectivity index (χ2v) is 4.58. The molecule has 74 valence electrons. The molecule has 0 saturated carbocycles. The maximum atomic E-state index is 4.40. The van der Waals surface area contributed by atoms with Gasteiger partial charge in [-0.1, -0.05) is 33.1 Å². The lowest BCUT2D eigenvalue weighted by atomic mass is 10.2. The number of thiazole rings is 1. The van der Waals surface area contributed by atoms with Crippen LogP contribution in [0, 0.1) is 0 Å². The number of hydrogen-bond donors (Lipinski definition) is 0. The monoisotopic (exact) mass is 197 g/mol. The second kappa shape index (κ2) is 6.14. The van der Waals surface area contributed by atoms with E-state index in [1.54, 1.807) is 0 Å². The first kappa shape index (κ1) is 10.7. The Kier molecular flexibility index (Phi) is 5.06. The molecule has 0 aliphatic heterocycles. The van der Waals surface area contributed by atoms with E-state index in [1.165, 1.54) is 42.0 Å². The number of hydrogen-bond acceptors (Lipinski definition) is 2. The van der Waals surface area contributed by atoms with E-state index >= 15 is 0 Å². The van der Waals surface area contributed by atoms with E-state index in [1.807, 2.05) is 17.5 Å². The van der Waals surface area contributed by atoms with Crippen molar-refractivity contribution in [2.75, 3.05) is 0 Å². The van der Waals surface area contributed by atoms with Crippen LogP contribution in [0.4, 0.5) is 0 Å². The van der Waals surface area contributed by atoms with Gasteiger partial charge in [0.25, 0.3) is 0 Å². The van der Waals surface area contributed by atoms with Crippen molar-refractivity contribution in [1.82, 2.24) is 4.98 Å². The zero-order valence-corrected chi connectivity index (χ0v) is 9.49. The van der Waals surface area contributed by atoms with E-state index in [-0.39, 0.29) is 0 Å². The van der Waals surface area contributed by atoms with E-state index < -0.39 is 0 Å². The molecule has 1 rings (SSSR count). The molecule has 13 heavy (non-hydrogen) atoms. The van der Waals surface area contributed by atoms with Crippen molar-refractivity contribution < 1.29 is 0 Å². The first-order valence-corrected chi connectivity index (χ1v) is 6.12. The molecule has 0 N–H and O–H groups in total. The largest absolute Gasteiger partial charge is 0.249 e. The van der Waals surface area contributed by atoms with E-state index in [9.17, 15) is 0 Å². The molecule has 2 heteroatoms. The average molecular weight is 197 g/mol. The number of aryl methyl sites for hydroxylation is 2. The molecule has 0 bridgehead atoms. The van der Waals surface area contributed by atoms with Gasteiger partial charge in [0.05, 0.1) is 5.01 Å². The number of unbranched alkanes of at least 4 members (excludes halogenated alkanes) is 3. The summed E-state index contributed by atoms with van der Waals surface area (Å²) < 4.78 is 0. The highest BCUT2D eigenvalue weighted by molar-refractivity contribution is 7.11. The Balaban J connectivity index is 2.20. The van der Waals surface area contributed by atoms with Crippen LogP contribution in [-0.2, 0) is 12.8 Å². The van der Waals surface area contributed by atoms with E-state index in [2.05, 4.69) is 18.8 Å². The van der Waals surface area contributed by atoms with E-state index in [4.69, 9.17) is 0 Å². The normalized spacial score (nSPS) is 10.6. The third-order valence-corrected chi connectivity index (χ3v) is 3.40. The van der Waals surface area contributed by atoms with Crippen LogP contribution in [0.5, 0.6) is 0 Å². The molecule has 1 nitrogen and oxygen atoms in total. The minimum absolute atomic E-state index is 1.13. The van der Waals surface area contributed by atoms with Crippen molar-refractivity contribution in [2.45, 2.75) is 52.4 Å². The van der Waals surface area contributed by atoms with Gasteiger partial charge in [0.1, 0.15) is 0 Å². The lowest BCUT2D eigenvalue weighted by Crippen LogP contribution is -1.83. The van der Waals surface area contributed by atoms with Crippen molar-refractivity contribution in [1.29, 1.82) is 0 Å². The summed E-state index contributed by atoms with van der Waals surface area (Å²) in [6, 6.07) is 0. The fourth-order valence-electron chi connectivity index (χ4n) is 1.33. The van der Waals surface area contributed by atoms with Crippen LogP contribution in [0.3, 0.4) is 0 Å². The van der Waals surface area contributed by atoms with Gasteiger partial charge in [-0.05, 0) is 19.3 Å². The van der Waals surface area contributed by atoms with E-state index in [0.717, 1.165) is 6.42 Å². The quantitative estimate of drug-likeness (QED) is 0.632. The van der Waals surface area contributed by atoms with Gasteiger partial charge in [-0.25, -0.2) is 4.98 Å². The standard InChI is InChI=1S/C11H19NS/c1-3-5-6-7-8-11-12-9-10(4-2)13-11/h9H,3-8H2,1-2H3. The van der Waals surface area contributed by atoms with Gasteiger partial charge in [-0.15, -0.1) is 11.3 Å².